The number of nitro benzene ring substituents is 1. The number of amides is 1. The van der Waals surface area contributed by atoms with Crippen LogP contribution in [0.3, 0.4) is 0 Å². The highest BCUT2D eigenvalue weighted by molar-refractivity contribution is 5.83. The van der Waals surface area contributed by atoms with Crippen LogP contribution in [-0.2, 0) is 15.6 Å². The number of carbonyl (C=O) groups is 1. The number of nitrogens with zero attached hydrogens (tertiary/aromatic N) is 2. The van der Waals surface area contributed by atoms with E-state index in [-0.39, 0.29) is 34.3 Å². The summed E-state index contributed by atoms with van der Waals surface area (Å²) in [4.78, 5) is 23.3. The van der Waals surface area contributed by atoms with Crippen molar-refractivity contribution < 1.29 is 14.5 Å². The zero-order valence-electron chi connectivity index (χ0n) is 21.6. The molecule has 184 valence electrons. The van der Waals surface area contributed by atoms with Crippen molar-refractivity contribution in [2.45, 2.75) is 72.6 Å². The van der Waals surface area contributed by atoms with Gasteiger partial charge in [-0.2, -0.15) is 5.10 Å². The van der Waals surface area contributed by atoms with Crippen LogP contribution in [-0.4, -0.2) is 23.7 Å². The third-order valence-electron chi connectivity index (χ3n) is 5.45. The van der Waals surface area contributed by atoms with Crippen LogP contribution in [0.1, 0.15) is 78.5 Å². The van der Waals surface area contributed by atoms with E-state index >= 15 is 0 Å². The summed E-state index contributed by atoms with van der Waals surface area (Å²) >= 11 is 0. The lowest BCUT2D eigenvalue weighted by molar-refractivity contribution is -0.385. The molecular formula is C27H37N3O4. The van der Waals surface area contributed by atoms with Gasteiger partial charge >= 0.3 is 5.69 Å². The molecule has 0 aliphatic heterocycles. The maximum absolute atomic E-state index is 12.1. The smallest absolute Gasteiger partial charge is 0.311 e. The molecule has 0 saturated carbocycles. The molecule has 0 spiro atoms. The third-order valence-corrected chi connectivity index (χ3v) is 5.45. The van der Waals surface area contributed by atoms with E-state index in [1.807, 2.05) is 30.3 Å². The van der Waals surface area contributed by atoms with Gasteiger partial charge < -0.3 is 4.74 Å². The van der Waals surface area contributed by atoms with E-state index in [9.17, 15) is 14.9 Å². The minimum absolute atomic E-state index is 0.0530. The predicted octanol–water partition coefficient (Wildman–Crippen LogP) is 6.14. The summed E-state index contributed by atoms with van der Waals surface area (Å²) in [5.41, 5.74) is 5.02. The van der Waals surface area contributed by atoms with Crippen LogP contribution < -0.4 is 10.2 Å². The normalized spacial score (nSPS) is 12.6. The summed E-state index contributed by atoms with van der Waals surface area (Å²) in [6.45, 7) is 16.6. The van der Waals surface area contributed by atoms with Gasteiger partial charge in [-0.25, -0.2) is 5.43 Å². The Morgan fingerprint density at radius 2 is 1.59 bits per heavy atom. The van der Waals surface area contributed by atoms with Crippen molar-refractivity contribution in [1.29, 1.82) is 0 Å². The standard InChI is InChI=1S/C27H37N3O4/c1-25(2,3)18-27(7,8)21-13-14-23(22(15-21)30(32)33)34-17-24(31)29-28-16-19-9-11-20(12-10-19)26(4,5)6/h9-16H,17-18H2,1-8H3,(H,29,31). The van der Waals surface area contributed by atoms with Crippen LogP contribution >= 0.6 is 0 Å². The molecule has 1 N–H and O–H groups in total. The van der Waals surface area contributed by atoms with Crippen LogP contribution in [0.25, 0.3) is 0 Å². The monoisotopic (exact) mass is 467 g/mol. The second-order valence-corrected chi connectivity index (χ2v) is 11.5. The number of hydrogen-bond donors (Lipinski definition) is 1. The first-order chi connectivity index (χ1) is 15.6. The van der Waals surface area contributed by atoms with Crippen molar-refractivity contribution >= 4 is 17.8 Å². The molecule has 0 aliphatic rings. The fraction of sp³-hybridized carbons (Fsp3) is 0.481. The number of ether oxygens (including phenoxy) is 1. The first-order valence-electron chi connectivity index (χ1n) is 11.4. The molecule has 0 atom stereocenters. The van der Waals surface area contributed by atoms with Crippen molar-refractivity contribution in [1.82, 2.24) is 5.43 Å². The SMILES string of the molecule is CC(C)(C)CC(C)(C)c1ccc(OCC(=O)NN=Cc2ccc(C(C)(C)C)cc2)c([N+](=O)[O-])c1. The summed E-state index contributed by atoms with van der Waals surface area (Å²) in [5, 5.41) is 15.6. The molecule has 34 heavy (non-hydrogen) atoms. The molecule has 0 saturated heterocycles. The van der Waals surface area contributed by atoms with Crippen LogP contribution in [0, 0.1) is 15.5 Å². The maximum Gasteiger partial charge on any atom is 0.311 e. The van der Waals surface area contributed by atoms with E-state index in [0.717, 1.165) is 17.5 Å². The van der Waals surface area contributed by atoms with Gasteiger partial charge in [0.1, 0.15) is 0 Å². The van der Waals surface area contributed by atoms with Crippen molar-refractivity contribution in [3.05, 3.63) is 69.3 Å². The minimum Gasteiger partial charge on any atom is -0.477 e. The number of hydrazone groups is 1. The zero-order valence-corrected chi connectivity index (χ0v) is 21.6. The highest BCUT2D eigenvalue weighted by Crippen LogP contribution is 2.39. The number of benzene rings is 2. The summed E-state index contributed by atoms with van der Waals surface area (Å²) in [6.07, 6.45) is 2.40. The molecule has 0 fully saturated rings. The largest absolute Gasteiger partial charge is 0.477 e. The van der Waals surface area contributed by atoms with Gasteiger partial charge in [0.2, 0.25) is 0 Å². The van der Waals surface area contributed by atoms with Crippen LogP contribution in [0.15, 0.2) is 47.6 Å². The van der Waals surface area contributed by atoms with E-state index in [1.54, 1.807) is 18.3 Å². The van der Waals surface area contributed by atoms with E-state index in [4.69, 9.17) is 4.74 Å². The molecule has 1 amide bonds. The van der Waals surface area contributed by atoms with Gasteiger partial charge in [0.05, 0.1) is 11.1 Å². The number of nitrogens with one attached hydrogen (secondary N) is 1. The Balaban J connectivity index is 2.02. The minimum atomic E-state index is -0.506. The summed E-state index contributed by atoms with van der Waals surface area (Å²) in [6, 6.07) is 12.8. The Bertz CT molecular complexity index is 1040. The van der Waals surface area contributed by atoms with Gasteiger partial charge in [-0.3, -0.25) is 14.9 Å². The molecule has 0 aromatic heterocycles. The Morgan fingerprint density at radius 3 is 2.12 bits per heavy atom. The zero-order chi connectivity index (χ0) is 25.7. The Kier molecular flexibility index (Phi) is 8.24. The molecule has 0 aliphatic carbocycles. The summed E-state index contributed by atoms with van der Waals surface area (Å²) in [5.74, 6) is -0.453. The van der Waals surface area contributed by atoms with Crippen molar-refractivity contribution in [3.8, 4) is 5.75 Å². The fourth-order valence-electron chi connectivity index (χ4n) is 4.05. The fourth-order valence-corrected chi connectivity index (χ4v) is 4.05. The van der Waals surface area contributed by atoms with E-state index in [1.165, 1.54) is 5.56 Å². The Morgan fingerprint density at radius 1 is 1.00 bits per heavy atom. The highest BCUT2D eigenvalue weighted by Gasteiger charge is 2.30. The molecule has 7 nitrogen and oxygen atoms in total. The molecule has 7 heteroatoms. The molecule has 0 heterocycles. The number of nitro groups is 1. The lowest BCUT2D eigenvalue weighted by Crippen LogP contribution is -2.26. The quantitative estimate of drug-likeness (QED) is 0.287. The van der Waals surface area contributed by atoms with Gasteiger partial charge in [0.15, 0.2) is 12.4 Å². The van der Waals surface area contributed by atoms with Gasteiger partial charge in [0.25, 0.3) is 5.91 Å². The summed E-state index contributed by atoms with van der Waals surface area (Å²) in [7, 11) is 0. The van der Waals surface area contributed by atoms with Gasteiger partial charge in [-0.05, 0) is 45.4 Å². The average Bonchev–Trinajstić information content (AvgIpc) is 2.70. The number of rotatable bonds is 8. The average molecular weight is 468 g/mol. The molecule has 2 aromatic carbocycles. The predicted molar refractivity (Wildman–Crippen MR) is 137 cm³/mol. The molecule has 0 radical (unpaired) electrons. The summed E-state index contributed by atoms with van der Waals surface area (Å²) < 4.78 is 5.46. The van der Waals surface area contributed by atoms with E-state index < -0.39 is 10.8 Å². The Labute approximate surface area is 202 Å². The molecular weight excluding hydrogens is 430 g/mol. The highest BCUT2D eigenvalue weighted by atomic mass is 16.6. The third kappa shape index (κ3) is 7.97. The molecule has 0 bridgehead atoms. The first-order valence-corrected chi connectivity index (χ1v) is 11.4. The topological polar surface area (TPSA) is 93.8 Å². The molecule has 2 rings (SSSR count). The van der Waals surface area contributed by atoms with Crippen LogP contribution in [0.4, 0.5) is 5.69 Å². The lowest BCUT2D eigenvalue weighted by Gasteiger charge is -2.33. The molecule has 0 unspecified atom stereocenters. The van der Waals surface area contributed by atoms with Crippen LogP contribution in [0.5, 0.6) is 5.75 Å². The van der Waals surface area contributed by atoms with Crippen molar-refractivity contribution in [2.24, 2.45) is 10.5 Å². The Hall–Kier alpha value is -3.22. The second kappa shape index (κ2) is 10.4. The van der Waals surface area contributed by atoms with Crippen molar-refractivity contribution in [3.63, 3.8) is 0 Å². The van der Waals surface area contributed by atoms with E-state index in [0.29, 0.717) is 0 Å². The van der Waals surface area contributed by atoms with Crippen LogP contribution in [0.2, 0.25) is 0 Å². The van der Waals surface area contributed by atoms with Gasteiger partial charge in [0, 0.05) is 6.07 Å². The first kappa shape index (κ1) is 27.0. The number of hydrogen-bond acceptors (Lipinski definition) is 5. The number of carbonyl (C=O) groups excluding carboxylic acids is 1. The molecule has 2 aromatic rings. The van der Waals surface area contributed by atoms with Crippen molar-refractivity contribution in [2.75, 3.05) is 6.61 Å². The maximum atomic E-state index is 12.1. The lowest BCUT2D eigenvalue weighted by atomic mass is 9.72. The van der Waals surface area contributed by atoms with E-state index in [2.05, 4.69) is 65.9 Å². The van der Waals surface area contributed by atoms with Gasteiger partial charge in [-0.15, -0.1) is 0 Å². The van der Waals surface area contributed by atoms with Gasteiger partial charge in [-0.1, -0.05) is 85.7 Å². The second-order valence-electron chi connectivity index (χ2n) is 11.5.